The Labute approximate surface area is 130 Å². The van der Waals surface area contributed by atoms with Gasteiger partial charge in [-0.05, 0) is 80.9 Å². The van der Waals surface area contributed by atoms with Gasteiger partial charge in [-0.15, -0.1) is 0 Å². The van der Waals surface area contributed by atoms with Crippen LogP contribution in [0.15, 0.2) is 12.1 Å². The van der Waals surface area contributed by atoms with Gasteiger partial charge in [0.15, 0.2) is 0 Å². The lowest BCUT2D eigenvalue weighted by Gasteiger charge is -2.58. The molecule has 4 aliphatic carbocycles. The number of halogens is 2. The summed E-state index contributed by atoms with van der Waals surface area (Å²) < 4.78 is 13.6. The zero-order valence-corrected chi connectivity index (χ0v) is 13.2. The van der Waals surface area contributed by atoms with E-state index in [0.717, 1.165) is 42.6 Å². The molecular weight excluding hydrogens is 287 g/mol. The first-order chi connectivity index (χ1) is 9.97. The third-order valence-electron chi connectivity index (χ3n) is 6.24. The third kappa shape index (κ3) is 2.14. The van der Waals surface area contributed by atoms with E-state index in [1.54, 1.807) is 13.0 Å². The van der Waals surface area contributed by atoms with Crippen molar-refractivity contribution < 1.29 is 9.50 Å². The number of rotatable bonds is 2. The Morgan fingerprint density at radius 1 is 1.14 bits per heavy atom. The van der Waals surface area contributed by atoms with Crippen molar-refractivity contribution in [2.24, 2.45) is 23.2 Å². The number of aliphatic hydroxyl groups is 1. The lowest BCUT2D eigenvalue weighted by atomic mass is 9.47. The Hall–Kier alpha value is -0.600. The molecule has 114 valence electrons. The molecule has 1 N–H and O–H groups in total. The quantitative estimate of drug-likeness (QED) is 0.811. The summed E-state index contributed by atoms with van der Waals surface area (Å²) in [4.78, 5) is 0. The van der Waals surface area contributed by atoms with Crippen LogP contribution in [0.2, 0.25) is 5.02 Å². The Kier molecular flexibility index (Phi) is 3.14. The molecule has 1 aromatic carbocycles. The Morgan fingerprint density at radius 3 is 2.19 bits per heavy atom. The monoisotopic (exact) mass is 308 g/mol. The fourth-order valence-electron chi connectivity index (χ4n) is 5.73. The zero-order chi connectivity index (χ0) is 14.8. The number of aliphatic hydroxyl groups excluding tert-OH is 1. The van der Waals surface area contributed by atoms with Crippen LogP contribution in [-0.2, 0) is 0 Å². The summed E-state index contributed by atoms with van der Waals surface area (Å²) in [5, 5.41) is 11.5. The molecule has 0 amide bonds. The minimum Gasteiger partial charge on any atom is -0.388 e. The molecule has 1 atom stereocenters. The highest BCUT2D eigenvalue weighted by Gasteiger charge is 2.54. The van der Waals surface area contributed by atoms with Crippen LogP contribution >= 0.6 is 11.6 Å². The Balaban J connectivity index is 1.71. The molecule has 4 bridgehead atoms. The van der Waals surface area contributed by atoms with E-state index in [9.17, 15) is 9.50 Å². The van der Waals surface area contributed by atoms with Crippen LogP contribution in [0.4, 0.5) is 4.39 Å². The normalized spacial score (nSPS) is 38.8. The SMILES string of the molecule is Cc1cc(C(O)C23CC4CC(CC(C4)C2)C3)c(Cl)cc1F. The highest BCUT2D eigenvalue weighted by Crippen LogP contribution is 2.64. The minimum atomic E-state index is -0.544. The molecule has 0 spiro atoms. The number of hydrogen-bond acceptors (Lipinski definition) is 1. The molecule has 0 aliphatic heterocycles. The van der Waals surface area contributed by atoms with Crippen molar-refractivity contribution in [3.63, 3.8) is 0 Å². The topological polar surface area (TPSA) is 20.2 Å². The van der Waals surface area contributed by atoms with Crippen LogP contribution in [0.5, 0.6) is 0 Å². The predicted octanol–water partition coefficient (Wildman–Crippen LogP) is 5.04. The molecule has 21 heavy (non-hydrogen) atoms. The van der Waals surface area contributed by atoms with E-state index in [1.165, 1.54) is 25.3 Å². The van der Waals surface area contributed by atoms with Gasteiger partial charge in [-0.1, -0.05) is 11.6 Å². The summed E-state index contributed by atoms with van der Waals surface area (Å²) in [6, 6.07) is 3.11. The molecule has 1 nitrogen and oxygen atoms in total. The maximum Gasteiger partial charge on any atom is 0.127 e. The highest BCUT2D eigenvalue weighted by atomic mass is 35.5. The van der Waals surface area contributed by atoms with Gasteiger partial charge < -0.3 is 5.11 Å². The van der Waals surface area contributed by atoms with Gasteiger partial charge in [0.2, 0.25) is 0 Å². The van der Waals surface area contributed by atoms with Gasteiger partial charge in [-0.3, -0.25) is 0 Å². The smallest absolute Gasteiger partial charge is 0.127 e. The molecule has 0 saturated heterocycles. The second kappa shape index (κ2) is 4.70. The first-order valence-corrected chi connectivity index (χ1v) is 8.48. The Morgan fingerprint density at radius 2 is 1.67 bits per heavy atom. The van der Waals surface area contributed by atoms with Gasteiger partial charge in [0.05, 0.1) is 6.10 Å². The summed E-state index contributed by atoms with van der Waals surface area (Å²) in [6.07, 6.45) is 6.86. The number of aryl methyl sites for hydroxylation is 1. The van der Waals surface area contributed by atoms with Gasteiger partial charge in [0.25, 0.3) is 0 Å². The van der Waals surface area contributed by atoms with Crippen molar-refractivity contribution in [1.29, 1.82) is 0 Å². The van der Waals surface area contributed by atoms with Crippen molar-refractivity contribution in [2.45, 2.75) is 51.6 Å². The minimum absolute atomic E-state index is 0.0113. The van der Waals surface area contributed by atoms with Crippen LogP contribution in [0.25, 0.3) is 0 Å². The van der Waals surface area contributed by atoms with E-state index in [4.69, 9.17) is 11.6 Å². The summed E-state index contributed by atoms with van der Waals surface area (Å²) in [5.41, 5.74) is 1.29. The average molecular weight is 309 g/mol. The van der Waals surface area contributed by atoms with Crippen molar-refractivity contribution in [2.75, 3.05) is 0 Å². The van der Waals surface area contributed by atoms with Gasteiger partial charge in [0.1, 0.15) is 5.82 Å². The lowest BCUT2D eigenvalue weighted by molar-refractivity contribution is -0.122. The molecule has 0 radical (unpaired) electrons. The molecule has 0 aromatic heterocycles. The largest absolute Gasteiger partial charge is 0.388 e. The Bertz CT molecular complexity index is 548. The number of benzene rings is 1. The summed E-state index contributed by atoms with van der Waals surface area (Å²) >= 11 is 6.24. The zero-order valence-electron chi connectivity index (χ0n) is 12.4. The third-order valence-corrected chi connectivity index (χ3v) is 6.57. The van der Waals surface area contributed by atoms with Gasteiger partial charge in [0, 0.05) is 16.0 Å². The molecule has 4 saturated carbocycles. The maximum absolute atomic E-state index is 13.6. The molecule has 4 fully saturated rings. The van der Waals surface area contributed by atoms with Gasteiger partial charge >= 0.3 is 0 Å². The standard InChI is InChI=1S/C18H22ClFO/c1-10-2-14(15(19)6-16(10)20)17(21)18-7-11-3-12(8-18)5-13(4-11)9-18/h2,6,11-13,17,21H,3-5,7-9H2,1H3. The molecule has 0 heterocycles. The van der Waals surface area contributed by atoms with E-state index in [0.29, 0.717) is 10.6 Å². The average Bonchev–Trinajstić information content (AvgIpc) is 2.40. The summed E-state index contributed by atoms with van der Waals surface area (Å²) in [5.74, 6) is 2.06. The molecule has 3 heteroatoms. The van der Waals surface area contributed by atoms with Crippen LogP contribution in [0, 0.1) is 35.9 Å². The van der Waals surface area contributed by atoms with Crippen molar-refractivity contribution in [3.05, 3.63) is 34.1 Å². The number of hydrogen-bond donors (Lipinski definition) is 1. The highest BCUT2D eigenvalue weighted by molar-refractivity contribution is 6.31. The van der Waals surface area contributed by atoms with Gasteiger partial charge in [-0.2, -0.15) is 0 Å². The van der Waals surface area contributed by atoms with Crippen LogP contribution in [0.1, 0.15) is 55.8 Å². The lowest BCUT2D eigenvalue weighted by Crippen LogP contribution is -2.48. The molecule has 1 unspecified atom stereocenters. The van der Waals surface area contributed by atoms with Crippen molar-refractivity contribution >= 4 is 11.6 Å². The van der Waals surface area contributed by atoms with E-state index in [2.05, 4.69) is 0 Å². The van der Waals surface area contributed by atoms with Crippen LogP contribution in [0.3, 0.4) is 0 Å². The second-order valence-electron chi connectivity index (χ2n) is 7.81. The molecular formula is C18H22ClFO. The predicted molar refractivity (Wildman–Crippen MR) is 81.7 cm³/mol. The van der Waals surface area contributed by atoms with Crippen LogP contribution < -0.4 is 0 Å². The van der Waals surface area contributed by atoms with E-state index < -0.39 is 6.10 Å². The van der Waals surface area contributed by atoms with E-state index >= 15 is 0 Å². The summed E-state index contributed by atoms with van der Waals surface area (Å²) in [6.45, 7) is 1.74. The molecule has 4 aliphatic rings. The summed E-state index contributed by atoms with van der Waals surface area (Å²) in [7, 11) is 0. The first kappa shape index (κ1) is 14.0. The van der Waals surface area contributed by atoms with E-state index in [1.807, 2.05) is 0 Å². The first-order valence-electron chi connectivity index (χ1n) is 8.10. The van der Waals surface area contributed by atoms with Crippen molar-refractivity contribution in [1.82, 2.24) is 0 Å². The fraction of sp³-hybridized carbons (Fsp3) is 0.667. The van der Waals surface area contributed by atoms with Crippen LogP contribution in [-0.4, -0.2) is 5.11 Å². The molecule has 5 rings (SSSR count). The second-order valence-corrected chi connectivity index (χ2v) is 8.21. The van der Waals surface area contributed by atoms with E-state index in [-0.39, 0.29) is 11.2 Å². The van der Waals surface area contributed by atoms with Crippen molar-refractivity contribution in [3.8, 4) is 0 Å². The fourth-order valence-corrected chi connectivity index (χ4v) is 5.99. The van der Waals surface area contributed by atoms with Gasteiger partial charge in [-0.25, -0.2) is 4.39 Å². The maximum atomic E-state index is 13.6. The molecule has 1 aromatic rings.